The van der Waals surface area contributed by atoms with E-state index < -0.39 is 10.0 Å². The van der Waals surface area contributed by atoms with Crippen molar-refractivity contribution in [3.8, 4) is 0 Å². The van der Waals surface area contributed by atoms with Crippen molar-refractivity contribution >= 4 is 21.6 Å². The lowest BCUT2D eigenvalue weighted by atomic mass is 10.2. The molecule has 1 fully saturated rings. The van der Waals surface area contributed by atoms with Crippen molar-refractivity contribution in [3.63, 3.8) is 0 Å². The van der Waals surface area contributed by atoms with Gasteiger partial charge in [-0.3, -0.25) is 0 Å². The molecule has 0 spiro atoms. The van der Waals surface area contributed by atoms with Gasteiger partial charge in [0.25, 0.3) is 0 Å². The van der Waals surface area contributed by atoms with Gasteiger partial charge in [-0.2, -0.15) is 4.31 Å². The highest BCUT2D eigenvalue weighted by Gasteiger charge is 2.32. The zero-order chi connectivity index (χ0) is 12.6. The Morgan fingerprint density at radius 3 is 2.59 bits per heavy atom. The highest BCUT2D eigenvalue weighted by atomic mass is 35.5. The smallest absolute Gasteiger partial charge is 0.243 e. The lowest BCUT2D eigenvalue weighted by molar-refractivity contribution is 0.274. The molecular formula is C11H15ClN2O2S. The minimum atomic E-state index is -3.44. The van der Waals surface area contributed by atoms with E-state index in [9.17, 15) is 8.42 Å². The van der Waals surface area contributed by atoms with Gasteiger partial charge < -0.3 is 5.32 Å². The number of likely N-dealkylation sites (N-methyl/N-ethyl adjacent to an activating group) is 1. The first-order valence-corrected chi connectivity index (χ1v) is 7.20. The van der Waals surface area contributed by atoms with Gasteiger partial charge in [0.1, 0.15) is 0 Å². The van der Waals surface area contributed by atoms with E-state index in [1.807, 2.05) is 0 Å². The molecule has 1 heterocycles. The normalized spacial score (nSPS) is 17.2. The summed E-state index contributed by atoms with van der Waals surface area (Å²) >= 11 is 5.96. The predicted octanol–water partition coefficient (Wildman–Crippen LogP) is 1.24. The topological polar surface area (TPSA) is 49.4 Å². The van der Waals surface area contributed by atoms with Gasteiger partial charge in [0.05, 0.1) is 4.90 Å². The van der Waals surface area contributed by atoms with Gasteiger partial charge in [0, 0.05) is 31.2 Å². The Kier molecular flexibility index (Phi) is 3.45. The van der Waals surface area contributed by atoms with Gasteiger partial charge in [-0.1, -0.05) is 17.7 Å². The van der Waals surface area contributed by atoms with E-state index in [1.165, 1.54) is 4.31 Å². The van der Waals surface area contributed by atoms with Crippen molar-refractivity contribution in [2.24, 2.45) is 0 Å². The third-order valence-electron chi connectivity index (χ3n) is 3.15. The number of rotatable bonds is 3. The minimum absolute atomic E-state index is 0.0402. The highest BCUT2D eigenvalue weighted by molar-refractivity contribution is 7.89. The lowest BCUT2D eigenvalue weighted by Gasteiger charge is -2.35. The molecule has 0 aliphatic carbocycles. The van der Waals surface area contributed by atoms with Crippen LogP contribution >= 0.6 is 11.6 Å². The molecule has 2 rings (SSSR count). The third kappa shape index (κ3) is 2.20. The van der Waals surface area contributed by atoms with Gasteiger partial charge in [-0.05, 0) is 24.6 Å². The van der Waals surface area contributed by atoms with E-state index >= 15 is 0 Å². The number of hydrogen-bond donors (Lipinski definition) is 1. The van der Waals surface area contributed by atoms with Crippen molar-refractivity contribution in [2.45, 2.75) is 17.9 Å². The van der Waals surface area contributed by atoms with Gasteiger partial charge in [0.2, 0.25) is 10.0 Å². The van der Waals surface area contributed by atoms with E-state index in [0.717, 1.165) is 0 Å². The second-order valence-corrected chi connectivity index (χ2v) is 6.57. The molecule has 6 heteroatoms. The molecule has 0 aromatic heterocycles. The molecule has 1 aliphatic heterocycles. The second-order valence-electron chi connectivity index (χ2n) is 4.20. The van der Waals surface area contributed by atoms with Crippen molar-refractivity contribution in [3.05, 3.63) is 28.8 Å². The van der Waals surface area contributed by atoms with Gasteiger partial charge in [-0.15, -0.1) is 0 Å². The average Bonchev–Trinajstić information content (AvgIpc) is 2.19. The maximum Gasteiger partial charge on any atom is 0.243 e. The van der Waals surface area contributed by atoms with Crippen molar-refractivity contribution in [1.82, 2.24) is 9.62 Å². The van der Waals surface area contributed by atoms with Crippen LogP contribution in [0.25, 0.3) is 0 Å². The van der Waals surface area contributed by atoms with Gasteiger partial charge in [-0.25, -0.2) is 8.42 Å². The Morgan fingerprint density at radius 2 is 2.06 bits per heavy atom. The molecule has 17 heavy (non-hydrogen) atoms. The average molecular weight is 275 g/mol. The standard InChI is InChI=1S/C11H15ClN2O2S/c1-8-10(12)4-3-5-11(8)17(15,16)14(2)9-6-13-7-9/h3-5,9,13H,6-7H2,1-2H3. The molecule has 4 nitrogen and oxygen atoms in total. The molecule has 1 N–H and O–H groups in total. The van der Waals surface area contributed by atoms with Crippen molar-refractivity contribution in [1.29, 1.82) is 0 Å². The van der Waals surface area contributed by atoms with E-state index in [4.69, 9.17) is 11.6 Å². The molecule has 1 saturated heterocycles. The molecule has 1 aliphatic rings. The molecule has 0 saturated carbocycles. The van der Waals surface area contributed by atoms with Crippen LogP contribution in [0, 0.1) is 6.92 Å². The first kappa shape index (κ1) is 12.8. The molecular weight excluding hydrogens is 260 g/mol. The molecule has 94 valence electrons. The third-order valence-corrected chi connectivity index (χ3v) is 5.61. The first-order valence-electron chi connectivity index (χ1n) is 5.38. The summed E-state index contributed by atoms with van der Waals surface area (Å²) in [5, 5.41) is 3.54. The number of nitrogens with zero attached hydrogens (tertiary/aromatic N) is 1. The fraction of sp³-hybridized carbons (Fsp3) is 0.455. The monoisotopic (exact) mass is 274 g/mol. The van der Waals surface area contributed by atoms with Crippen LogP contribution in [0.15, 0.2) is 23.1 Å². The van der Waals surface area contributed by atoms with Crippen LogP contribution in [0.3, 0.4) is 0 Å². The SMILES string of the molecule is Cc1c(Cl)cccc1S(=O)(=O)N(C)C1CNC1. The van der Waals surface area contributed by atoms with Crippen LogP contribution in [0.2, 0.25) is 5.02 Å². The second kappa shape index (κ2) is 4.57. The number of hydrogen-bond acceptors (Lipinski definition) is 3. The summed E-state index contributed by atoms with van der Waals surface area (Å²) in [4.78, 5) is 0.291. The van der Waals surface area contributed by atoms with Crippen LogP contribution in [0.5, 0.6) is 0 Å². The Morgan fingerprint density at radius 1 is 1.41 bits per heavy atom. The van der Waals surface area contributed by atoms with Crippen LogP contribution in [-0.2, 0) is 10.0 Å². The summed E-state index contributed by atoms with van der Waals surface area (Å²) in [7, 11) is -1.83. The Hall–Kier alpha value is -0.620. The van der Waals surface area contributed by atoms with E-state index in [2.05, 4.69) is 5.32 Å². The number of nitrogens with one attached hydrogen (secondary N) is 1. The summed E-state index contributed by atoms with van der Waals surface area (Å²) < 4.78 is 26.2. The Labute approximate surface area is 107 Å². The number of benzene rings is 1. The number of halogens is 1. The lowest BCUT2D eigenvalue weighted by Crippen LogP contribution is -2.57. The maximum absolute atomic E-state index is 12.4. The zero-order valence-electron chi connectivity index (χ0n) is 9.77. The van der Waals surface area contributed by atoms with E-state index in [1.54, 1.807) is 32.2 Å². The summed E-state index contributed by atoms with van der Waals surface area (Å²) in [6.45, 7) is 3.13. The van der Waals surface area contributed by atoms with Gasteiger partial charge >= 0.3 is 0 Å². The summed E-state index contributed by atoms with van der Waals surface area (Å²) in [5.41, 5.74) is 0.605. The maximum atomic E-state index is 12.4. The predicted molar refractivity (Wildman–Crippen MR) is 67.8 cm³/mol. The molecule has 0 bridgehead atoms. The Balaban J connectivity index is 2.40. The molecule has 0 amide bonds. The summed E-state index contributed by atoms with van der Waals surface area (Å²) in [6.07, 6.45) is 0. The van der Waals surface area contributed by atoms with Crippen LogP contribution in [0.1, 0.15) is 5.56 Å². The zero-order valence-corrected chi connectivity index (χ0v) is 11.3. The van der Waals surface area contributed by atoms with Crippen molar-refractivity contribution < 1.29 is 8.42 Å². The Bertz CT molecular complexity index is 526. The molecule has 1 aromatic rings. The fourth-order valence-electron chi connectivity index (χ4n) is 1.75. The molecule has 0 atom stereocenters. The highest BCUT2D eigenvalue weighted by Crippen LogP contribution is 2.26. The van der Waals surface area contributed by atoms with Crippen molar-refractivity contribution in [2.75, 3.05) is 20.1 Å². The van der Waals surface area contributed by atoms with Crippen LogP contribution in [0.4, 0.5) is 0 Å². The molecule has 0 unspecified atom stereocenters. The first-order chi connectivity index (χ1) is 7.94. The summed E-state index contributed by atoms with van der Waals surface area (Å²) in [6, 6.07) is 4.99. The quantitative estimate of drug-likeness (QED) is 0.902. The van der Waals surface area contributed by atoms with Gasteiger partial charge in [0.15, 0.2) is 0 Å². The minimum Gasteiger partial charge on any atom is -0.313 e. The van der Waals surface area contributed by atoms with E-state index in [0.29, 0.717) is 28.6 Å². The molecule has 1 aromatic carbocycles. The molecule has 0 radical (unpaired) electrons. The number of sulfonamides is 1. The largest absolute Gasteiger partial charge is 0.313 e. The summed E-state index contributed by atoms with van der Waals surface area (Å²) in [5.74, 6) is 0. The fourth-order valence-corrected chi connectivity index (χ4v) is 3.58. The van der Waals surface area contributed by atoms with E-state index in [-0.39, 0.29) is 6.04 Å². The van der Waals surface area contributed by atoms with Crippen LogP contribution in [-0.4, -0.2) is 38.9 Å². The van der Waals surface area contributed by atoms with Crippen LogP contribution < -0.4 is 5.32 Å².